The quantitative estimate of drug-likeness (QED) is 0.800. The molecule has 0 N–H and O–H groups in total. The summed E-state index contributed by atoms with van der Waals surface area (Å²) in [6.07, 6.45) is 11.4. The molecule has 0 aliphatic heterocycles. The topological polar surface area (TPSA) is 16.1 Å². The van der Waals surface area contributed by atoms with Gasteiger partial charge in [0.15, 0.2) is 0 Å². The fourth-order valence-corrected chi connectivity index (χ4v) is 2.61. The third-order valence-electron chi connectivity index (χ3n) is 3.29. The summed E-state index contributed by atoms with van der Waals surface area (Å²) in [5, 5.41) is 0. The van der Waals surface area contributed by atoms with Crippen LogP contribution in [0.4, 0.5) is 11.5 Å². The molecule has 0 radical (unpaired) electrons. The number of hydrogen-bond donors (Lipinski definition) is 0. The van der Waals surface area contributed by atoms with Gasteiger partial charge in [-0.25, -0.2) is 4.98 Å². The fraction of sp³-hybridized carbons (Fsp3) is 0.118. The van der Waals surface area contributed by atoms with Crippen LogP contribution in [-0.4, -0.2) is 11.0 Å². The van der Waals surface area contributed by atoms with Crippen molar-refractivity contribution in [1.82, 2.24) is 4.98 Å². The van der Waals surface area contributed by atoms with E-state index >= 15 is 0 Å². The molecule has 0 saturated carbocycles. The Labute approximate surface area is 127 Å². The van der Waals surface area contributed by atoms with Crippen LogP contribution in [0.2, 0.25) is 0 Å². The summed E-state index contributed by atoms with van der Waals surface area (Å²) >= 11 is 3.49. The van der Waals surface area contributed by atoms with E-state index < -0.39 is 0 Å². The zero-order valence-corrected chi connectivity index (χ0v) is 12.6. The summed E-state index contributed by atoms with van der Waals surface area (Å²) < 4.78 is 1.08. The van der Waals surface area contributed by atoms with Crippen molar-refractivity contribution in [3.8, 4) is 0 Å². The monoisotopic (exact) mass is 326 g/mol. The van der Waals surface area contributed by atoms with Crippen LogP contribution in [0.3, 0.4) is 0 Å². The molecule has 2 aromatic rings. The molecule has 0 spiro atoms. The number of anilines is 2. The van der Waals surface area contributed by atoms with Gasteiger partial charge in [-0.2, -0.15) is 0 Å². The minimum Gasteiger partial charge on any atom is -0.319 e. The van der Waals surface area contributed by atoms with Gasteiger partial charge in [-0.3, -0.25) is 0 Å². The van der Waals surface area contributed by atoms with Crippen LogP contribution in [0.5, 0.6) is 0 Å². The van der Waals surface area contributed by atoms with E-state index in [4.69, 9.17) is 0 Å². The van der Waals surface area contributed by atoms with Crippen molar-refractivity contribution in [2.75, 3.05) is 4.90 Å². The molecule has 1 aliphatic rings. The Morgan fingerprint density at radius 1 is 1.05 bits per heavy atom. The van der Waals surface area contributed by atoms with Crippen LogP contribution in [0, 0.1) is 0 Å². The van der Waals surface area contributed by atoms with Gasteiger partial charge in [-0.15, -0.1) is 0 Å². The van der Waals surface area contributed by atoms with Gasteiger partial charge in [-0.1, -0.05) is 46.3 Å². The minimum atomic E-state index is 0.302. The van der Waals surface area contributed by atoms with E-state index in [1.54, 1.807) is 0 Å². The molecule has 100 valence electrons. The van der Waals surface area contributed by atoms with Gasteiger partial charge >= 0.3 is 0 Å². The van der Waals surface area contributed by atoms with Gasteiger partial charge in [0.05, 0.1) is 6.04 Å². The lowest BCUT2D eigenvalue weighted by atomic mass is 10.1. The number of nitrogens with zero attached hydrogens (tertiary/aromatic N) is 2. The molecule has 2 nitrogen and oxygen atoms in total. The average molecular weight is 327 g/mol. The molecule has 3 heteroatoms. The first-order valence-electron chi connectivity index (χ1n) is 6.64. The van der Waals surface area contributed by atoms with Crippen molar-refractivity contribution in [3.63, 3.8) is 0 Å². The molecular formula is C17H15BrN2. The average Bonchev–Trinajstić information content (AvgIpc) is 2.52. The maximum atomic E-state index is 4.51. The molecule has 1 heterocycles. The van der Waals surface area contributed by atoms with Crippen LogP contribution in [0.1, 0.15) is 6.42 Å². The minimum absolute atomic E-state index is 0.302. The Bertz CT molecular complexity index is 617. The van der Waals surface area contributed by atoms with E-state index in [0.29, 0.717) is 6.04 Å². The Balaban J connectivity index is 2.01. The highest BCUT2D eigenvalue weighted by Gasteiger charge is 2.19. The second-order valence-electron chi connectivity index (χ2n) is 4.65. The van der Waals surface area contributed by atoms with Gasteiger partial charge in [0.1, 0.15) is 5.82 Å². The maximum Gasteiger partial charge on any atom is 0.133 e. The zero-order valence-electron chi connectivity index (χ0n) is 11.0. The molecule has 1 aromatic heterocycles. The molecule has 1 aromatic carbocycles. The van der Waals surface area contributed by atoms with Gasteiger partial charge in [0.25, 0.3) is 0 Å². The second-order valence-corrected chi connectivity index (χ2v) is 5.57. The smallest absolute Gasteiger partial charge is 0.133 e. The van der Waals surface area contributed by atoms with Gasteiger partial charge in [0, 0.05) is 16.4 Å². The molecule has 1 aliphatic carbocycles. The normalized spacial score (nSPS) is 17.1. The zero-order chi connectivity index (χ0) is 13.8. The van der Waals surface area contributed by atoms with Crippen molar-refractivity contribution in [2.24, 2.45) is 0 Å². The molecule has 1 atom stereocenters. The first-order valence-corrected chi connectivity index (χ1v) is 7.43. The summed E-state index contributed by atoms with van der Waals surface area (Å²) in [6.45, 7) is 0. The lowest BCUT2D eigenvalue weighted by molar-refractivity contribution is 0.774. The first kappa shape index (κ1) is 13.1. The Hall–Kier alpha value is -1.87. The standard InChI is InChI=1S/C17H15BrN2/c18-14-9-11-16(12-10-14)20(15-6-2-1-3-7-15)17-8-4-5-13-19-17/h1-6,8-13,15H,7H2. The highest BCUT2D eigenvalue weighted by Crippen LogP contribution is 2.30. The Morgan fingerprint density at radius 2 is 1.90 bits per heavy atom. The highest BCUT2D eigenvalue weighted by molar-refractivity contribution is 9.10. The van der Waals surface area contributed by atoms with E-state index in [9.17, 15) is 0 Å². The highest BCUT2D eigenvalue weighted by atomic mass is 79.9. The lowest BCUT2D eigenvalue weighted by Gasteiger charge is -2.31. The predicted octanol–water partition coefficient (Wildman–Crippen LogP) is 4.87. The van der Waals surface area contributed by atoms with Crippen molar-refractivity contribution < 1.29 is 0 Å². The third-order valence-corrected chi connectivity index (χ3v) is 3.82. The van der Waals surface area contributed by atoms with Crippen LogP contribution >= 0.6 is 15.9 Å². The SMILES string of the molecule is Brc1ccc(N(c2ccccn2)C2C=CC=CC2)cc1. The van der Waals surface area contributed by atoms with E-state index in [-0.39, 0.29) is 0 Å². The fourth-order valence-electron chi connectivity index (χ4n) is 2.35. The number of allylic oxidation sites excluding steroid dienone is 2. The van der Waals surface area contributed by atoms with E-state index in [1.807, 2.05) is 24.4 Å². The molecule has 1 unspecified atom stereocenters. The van der Waals surface area contributed by atoms with Crippen LogP contribution in [-0.2, 0) is 0 Å². The number of hydrogen-bond acceptors (Lipinski definition) is 2. The summed E-state index contributed by atoms with van der Waals surface area (Å²) in [6, 6.07) is 14.7. The molecule has 3 rings (SSSR count). The molecule has 0 bridgehead atoms. The Morgan fingerprint density at radius 3 is 2.55 bits per heavy atom. The third kappa shape index (κ3) is 2.83. The maximum absolute atomic E-state index is 4.51. The first-order chi connectivity index (χ1) is 9.84. The number of aromatic nitrogens is 1. The van der Waals surface area contributed by atoms with Crippen molar-refractivity contribution in [1.29, 1.82) is 0 Å². The second kappa shape index (κ2) is 6.06. The molecule has 0 saturated heterocycles. The van der Waals surface area contributed by atoms with Gasteiger partial charge in [-0.05, 0) is 42.8 Å². The number of benzene rings is 1. The van der Waals surface area contributed by atoms with Gasteiger partial charge < -0.3 is 4.90 Å². The van der Waals surface area contributed by atoms with E-state index in [1.165, 1.54) is 0 Å². The van der Waals surface area contributed by atoms with Crippen LogP contribution < -0.4 is 4.90 Å². The molecule has 20 heavy (non-hydrogen) atoms. The molecule has 0 fully saturated rings. The molecular weight excluding hydrogens is 312 g/mol. The van der Waals surface area contributed by atoms with Crippen LogP contribution in [0.15, 0.2) is 77.4 Å². The van der Waals surface area contributed by atoms with E-state index in [2.05, 4.69) is 74.4 Å². The number of halogens is 1. The largest absolute Gasteiger partial charge is 0.319 e. The molecule has 0 amide bonds. The van der Waals surface area contributed by atoms with Crippen LogP contribution in [0.25, 0.3) is 0 Å². The summed E-state index contributed by atoms with van der Waals surface area (Å²) in [7, 11) is 0. The number of rotatable bonds is 3. The summed E-state index contributed by atoms with van der Waals surface area (Å²) in [5.41, 5.74) is 1.15. The van der Waals surface area contributed by atoms with Gasteiger partial charge in [0.2, 0.25) is 0 Å². The van der Waals surface area contributed by atoms with Crippen molar-refractivity contribution >= 4 is 27.4 Å². The summed E-state index contributed by atoms with van der Waals surface area (Å²) in [4.78, 5) is 6.78. The number of pyridine rings is 1. The lowest BCUT2D eigenvalue weighted by Crippen LogP contribution is -2.30. The van der Waals surface area contributed by atoms with Crippen molar-refractivity contribution in [2.45, 2.75) is 12.5 Å². The van der Waals surface area contributed by atoms with Crippen molar-refractivity contribution in [3.05, 3.63) is 77.4 Å². The predicted molar refractivity (Wildman–Crippen MR) is 87.2 cm³/mol. The van der Waals surface area contributed by atoms with E-state index in [0.717, 1.165) is 22.4 Å². The summed E-state index contributed by atoms with van der Waals surface area (Å²) in [5.74, 6) is 0.972. The Kier molecular flexibility index (Phi) is 3.97.